The molecule has 0 saturated heterocycles. The molecular weight excluding hydrogens is 582 g/mol. The highest BCUT2D eigenvalue weighted by Crippen LogP contribution is 2.62. The van der Waals surface area contributed by atoms with Crippen LogP contribution in [0.15, 0.2) is 121 Å². The van der Waals surface area contributed by atoms with Crippen LogP contribution in [0.5, 0.6) is 23.0 Å². The number of nitrogens with zero attached hydrogens (tertiary/aromatic N) is 4. The lowest BCUT2D eigenvalue weighted by Crippen LogP contribution is -2.20. The Labute approximate surface area is 260 Å². The van der Waals surface area contributed by atoms with Gasteiger partial charge in [-0.3, -0.25) is 9.47 Å². The van der Waals surface area contributed by atoms with Crippen molar-refractivity contribution in [3.8, 4) is 40.2 Å². The molecule has 0 amide bonds. The van der Waals surface area contributed by atoms with Crippen molar-refractivity contribution in [3.63, 3.8) is 0 Å². The number of benzene rings is 6. The van der Waals surface area contributed by atoms with Crippen LogP contribution in [-0.2, 0) is 0 Å². The summed E-state index contributed by atoms with van der Waals surface area (Å²) in [5, 5.41) is 2.63. The molecular formula is C38H20F2N4O2. The summed E-state index contributed by atoms with van der Waals surface area (Å²) < 4.78 is 44.2. The van der Waals surface area contributed by atoms with Gasteiger partial charge in [-0.05, 0) is 36.4 Å². The lowest BCUT2D eigenvalue weighted by Gasteiger charge is -2.38. The van der Waals surface area contributed by atoms with Crippen LogP contribution in [-0.4, -0.2) is 14.5 Å². The van der Waals surface area contributed by atoms with Crippen LogP contribution in [0.2, 0.25) is 0 Å². The number of para-hydroxylation sites is 2. The van der Waals surface area contributed by atoms with E-state index in [2.05, 4.69) is 0 Å². The molecule has 46 heavy (non-hydrogen) atoms. The van der Waals surface area contributed by atoms with Crippen molar-refractivity contribution in [2.45, 2.75) is 0 Å². The highest BCUT2D eigenvalue weighted by molar-refractivity contribution is 6.17. The normalized spacial score (nSPS) is 12.9. The van der Waals surface area contributed by atoms with Gasteiger partial charge >= 0.3 is 0 Å². The van der Waals surface area contributed by atoms with E-state index in [0.29, 0.717) is 46.0 Å². The average Bonchev–Trinajstić information content (AvgIpc) is 3.41. The van der Waals surface area contributed by atoms with Gasteiger partial charge in [0.15, 0.2) is 23.0 Å². The Morgan fingerprint density at radius 1 is 0.565 bits per heavy atom. The molecule has 0 saturated carbocycles. The standard InChI is InChI=1S/C38H20F2N4O2/c39-22-14-16-28-31(18-22)45-33-20-30-34(37-36(33)43(28)29-17-15-23(40)19-32(29)46-37)25-11-5-7-13-27(25)44(30)38-41-26-12-6-4-10-24(26)35(42-38)21-8-2-1-3-9-21/h1-20H. The van der Waals surface area contributed by atoms with Gasteiger partial charge in [-0.1, -0.05) is 66.7 Å². The maximum atomic E-state index is 14.6. The number of ether oxygens (including phenoxy) is 2. The Bertz CT molecular complexity index is 2570. The fourth-order valence-corrected chi connectivity index (χ4v) is 6.75. The Morgan fingerprint density at radius 2 is 1.24 bits per heavy atom. The molecule has 0 fully saturated rings. The minimum absolute atomic E-state index is 0.339. The van der Waals surface area contributed by atoms with E-state index < -0.39 is 11.6 Å². The number of anilines is 3. The molecule has 0 atom stereocenters. The summed E-state index contributed by atoms with van der Waals surface area (Å²) in [6.07, 6.45) is 0. The number of halogens is 2. The SMILES string of the molecule is Fc1ccc2c(c1)Oc1cc3c(c4c1N2c1ccc(F)cc1O4)c1ccccc1n3-c1nc(-c2ccccc2)c2ccccc2n1. The molecule has 4 heterocycles. The van der Waals surface area contributed by atoms with E-state index in [9.17, 15) is 8.78 Å². The number of hydrogen-bond donors (Lipinski definition) is 0. The maximum absolute atomic E-state index is 14.6. The first-order valence-corrected chi connectivity index (χ1v) is 14.8. The quantitative estimate of drug-likeness (QED) is 0.197. The van der Waals surface area contributed by atoms with E-state index in [-0.39, 0.29) is 0 Å². The van der Waals surface area contributed by atoms with E-state index in [0.717, 1.165) is 44.0 Å². The number of fused-ring (bicyclic) bond motifs is 9. The van der Waals surface area contributed by atoms with Crippen LogP contribution < -0.4 is 14.4 Å². The van der Waals surface area contributed by atoms with Crippen LogP contribution in [0.1, 0.15) is 0 Å². The molecule has 0 bridgehead atoms. The zero-order valence-corrected chi connectivity index (χ0v) is 23.9. The number of hydrogen-bond acceptors (Lipinski definition) is 5. The van der Waals surface area contributed by atoms with Gasteiger partial charge in [0, 0.05) is 34.5 Å². The van der Waals surface area contributed by atoms with E-state index in [1.54, 1.807) is 12.1 Å². The fourth-order valence-electron chi connectivity index (χ4n) is 6.75. The molecule has 218 valence electrons. The summed E-state index contributed by atoms with van der Waals surface area (Å²) >= 11 is 0. The van der Waals surface area contributed by atoms with E-state index in [1.165, 1.54) is 24.3 Å². The predicted molar refractivity (Wildman–Crippen MR) is 174 cm³/mol. The van der Waals surface area contributed by atoms with Gasteiger partial charge in [-0.15, -0.1) is 0 Å². The summed E-state index contributed by atoms with van der Waals surface area (Å²) in [6, 6.07) is 36.7. The van der Waals surface area contributed by atoms with Gasteiger partial charge in [0.2, 0.25) is 5.95 Å². The van der Waals surface area contributed by atoms with Crippen molar-refractivity contribution < 1.29 is 18.3 Å². The Balaban J connectivity index is 1.33. The lowest BCUT2D eigenvalue weighted by molar-refractivity contribution is 0.445. The molecule has 6 nitrogen and oxygen atoms in total. The highest BCUT2D eigenvalue weighted by atomic mass is 19.1. The molecule has 0 spiro atoms. The monoisotopic (exact) mass is 602 g/mol. The number of aromatic nitrogens is 3. The summed E-state index contributed by atoms with van der Waals surface area (Å²) in [5.74, 6) is 1.26. The van der Waals surface area contributed by atoms with E-state index >= 15 is 0 Å². The van der Waals surface area contributed by atoms with Gasteiger partial charge in [0.1, 0.15) is 17.3 Å². The Morgan fingerprint density at radius 3 is 2.02 bits per heavy atom. The first-order chi connectivity index (χ1) is 22.6. The van der Waals surface area contributed by atoms with Gasteiger partial charge in [0.25, 0.3) is 0 Å². The molecule has 8 heteroatoms. The van der Waals surface area contributed by atoms with Gasteiger partial charge in [-0.2, -0.15) is 0 Å². The molecule has 2 aliphatic rings. The van der Waals surface area contributed by atoms with Crippen molar-refractivity contribution in [1.82, 2.24) is 14.5 Å². The predicted octanol–water partition coefficient (Wildman–Crippen LogP) is 10.4. The second-order valence-electron chi connectivity index (χ2n) is 11.3. The minimum atomic E-state index is -0.428. The maximum Gasteiger partial charge on any atom is 0.235 e. The van der Waals surface area contributed by atoms with Crippen molar-refractivity contribution in [1.29, 1.82) is 0 Å². The summed E-state index contributed by atoms with van der Waals surface area (Å²) in [5.41, 5.74) is 6.05. The highest BCUT2D eigenvalue weighted by Gasteiger charge is 2.38. The average molecular weight is 603 g/mol. The van der Waals surface area contributed by atoms with Crippen LogP contribution in [0, 0.1) is 11.6 Å². The van der Waals surface area contributed by atoms with Gasteiger partial charge in [0.05, 0.1) is 39.0 Å². The van der Waals surface area contributed by atoms with Crippen molar-refractivity contribution in [2.24, 2.45) is 0 Å². The van der Waals surface area contributed by atoms with Crippen LogP contribution >= 0.6 is 0 Å². The molecule has 6 aromatic carbocycles. The molecule has 0 radical (unpaired) electrons. The third-order valence-corrected chi connectivity index (χ3v) is 8.67. The minimum Gasteiger partial charge on any atom is -0.453 e. The third-order valence-electron chi connectivity index (χ3n) is 8.67. The topological polar surface area (TPSA) is 52.4 Å². The first-order valence-electron chi connectivity index (χ1n) is 14.8. The smallest absolute Gasteiger partial charge is 0.235 e. The molecule has 10 rings (SSSR count). The van der Waals surface area contributed by atoms with E-state index in [1.807, 2.05) is 94.4 Å². The largest absolute Gasteiger partial charge is 0.453 e. The molecule has 8 aromatic rings. The zero-order chi connectivity index (χ0) is 30.5. The molecule has 0 unspecified atom stereocenters. The van der Waals surface area contributed by atoms with E-state index in [4.69, 9.17) is 19.4 Å². The first kappa shape index (κ1) is 25.1. The molecule has 0 aliphatic carbocycles. The third kappa shape index (κ3) is 3.43. The lowest BCUT2D eigenvalue weighted by atomic mass is 10.0. The van der Waals surface area contributed by atoms with Gasteiger partial charge in [-0.25, -0.2) is 18.7 Å². The Kier molecular flexibility index (Phi) is 4.97. The fraction of sp³-hybridized carbons (Fsp3) is 0. The summed E-state index contributed by atoms with van der Waals surface area (Å²) in [7, 11) is 0. The second-order valence-corrected chi connectivity index (χ2v) is 11.3. The van der Waals surface area contributed by atoms with Gasteiger partial charge < -0.3 is 9.47 Å². The molecule has 2 aromatic heterocycles. The van der Waals surface area contributed by atoms with Crippen molar-refractivity contribution >= 4 is 49.8 Å². The van der Waals surface area contributed by atoms with Crippen molar-refractivity contribution in [3.05, 3.63) is 133 Å². The molecule has 0 N–H and O–H groups in total. The van der Waals surface area contributed by atoms with Crippen molar-refractivity contribution in [2.75, 3.05) is 4.90 Å². The summed E-state index contributed by atoms with van der Waals surface area (Å²) in [6.45, 7) is 0. The zero-order valence-electron chi connectivity index (χ0n) is 23.9. The number of rotatable bonds is 2. The summed E-state index contributed by atoms with van der Waals surface area (Å²) in [4.78, 5) is 12.2. The van der Waals surface area contributed by atoms with Crippen LogP contribution in [0.3, 0.4) is 0 Å². The Hall–Kier alpha value is -6.28. The second kappa shape index (κ2) is 9.12. The van der Waals surface area contributed by atoms with Crippen LogP contribution in [0.25, 0.3) is 49.9 Å². The molecule has 2 aliphatic heterocycles. The van der Waals surface area contributed by atoms with Crippen LogP contribution in [0.4, 0.5) is 25.8 Å².